The Morgan fingerprint density at radius 2 is 2.05 bits per heavy atom. The largest absolute Gasteiger partial charge is 0.352 e. The molecule has 0 spiro atoms. The average molecular weight is 331 g/mol. The van der Waals surface area contributed by atoms with E-state index < -0.39 is 4.92 Å². The summed E-state index contributed by atoms with van der Waals surface area (Å²) < 4.78 is 0. The Morgan fingerprint density at radius 3 is 2.71 bits per heavy atom. The molecule has 1 amide bonds. The van der Waals surface area contributed by atoms with Gasteiger partial charge in [0, 0.05) is 18.7 Å². The highest BCUT2D eigenvalue weighted by Crippen LogP contribution is 2.21. The fraction of sp³-hybridized carbons (Fsp3) is 0.500. The van der Waals surface area contributed by atoms with E-state index in [-0.39, 0.29) is 22.2 Å². The molecular weight excluding hydrogens is 312 g/mol. The van der Waals surface area contributed by atoms with Crippen LogP contribution < -0.4 is 5.32 Å². The second kappa shape index (κ2) is 9.63. The van der Waals surface area contributed by atoms with E-state index in [9.17, 15) is 14.9 Å². The van der Waals surface area contributed by atoms with Gasteiger partial charge in [-0.2, -0.15) is 11.8 Å². The summed E-state index contributed by atoms with van der Waals surface area (Å²) in [5.74, 6) is 0.795. The second-order valence-electron chi connectivity index (χ2n) is 4.58. The van der Waals surface area contributed by atoms with Gasteiger partial charge in [0.1, 0.15) is 0 Å². The van der Waals surface area contributed by atoms with Crippen LogP contribution in [-0.2, 0) is 0 Å². The smallest absolute Gasteiger partial charge is 0.270 e. The summed E-state index contributed by atoms with van der Waals surface area (Å²) in [4.78, 5) is 22.1. The van der Waals surface area contributed by atoms with Gasteiger partial charge in [0.05, 0.1) is 15.5 Å². The molecule has 0 radical (unpaired) electrons. The second-order valence-corrected chi connectivity index (χ2v) is 5.98. The maximum atomic E-state index is 12.0. The van der Waals surface area contributed by atoms with Crippen LogP contribution in [0.4, 0.5) is 5.69 Å². The van der Waals surface area contributed by atoms with Crippen molar-refractivity contribution in [2.75, 3.05) is 18.6 Å². The van der Waals surface area contributed by atoms with Gasteiger partial charge >= 0.3 is 0 Å². The minimum absolute atomic E-state index is 0.137. The van der Waals surface area contributed by atoms with E-state index in [2.05, 4.69) is 11.6 Å². The van der Waals surface area contributed by atoms with Crippen LogP contribution in [0, 0.1) is 10.1 Å². The average Bonchev–Trinajstić information content (AvgIpc) is 2.46. The SMILES string of the molecule is CSCCCCCCNC(=O)c1cc([N+](=O)[O-])ccc1Cl. The lowest BCUT2D eigenvalue weighted by molar-refractivity contribution is -0.384. The first kappa shape index (κ1) is 17.8. The number of non-ortho nitro benzene ring substituents is 1. The summed E-state index contributed by atoms with van der Waals surface area (Å²) in [6.07, 6.45) is 6.37. The van der Waals surface area contributed by atoms with Gasteiger partial charge in [-0.05, 0) is 30.9 Å². The van der Waals surface area contributed by atoms with Gasteiger partial charge in [-0.15, -0.1) is 0 Å². The van der Waals surface area contributed by atoms with Gasteiger partial charge in [0.2, 0.25) is 0 Å². The molecule has 0 heterocycles. The Balaban J connectivity index is 2.41. The van der Waals surface area contributed by atoms with Crippen molar-refractivity contribution in [1.82, 2.24) is 5.32 Å². The zero-order valence-corrected chi connectivity index (χ0v) is 13.5. The van der Waals surface area contributed by atoms with Crippen LogP contribution in [0.1, 0.15) is 36.0 Å². The van der Waals surface area contributed by atoms with E-state index in [1.54, 1.807) is 0 Å². The summed E-state index contributed by atoms with van der Waals surface area (Å²) >= 11 is 7.74. The molecule has 0 atom stereocenters. The number of carbonyl (C=O) groups is 1. The topological polar surface area (TPSA) is 72.2 Å². The van der Waals surface area contributed by atoms with Gasteiger partial charge < -0.3 is 5.32 Å². The summed E-state index contributed by atoms with van der Waals surface area (Å²) in [5, 5.41) is 13.7. The maximum absolute atomic E-state index is 12.0. The third kappa shape index (κ3) is 6.35. The maximum Gasteiger partial charge on any atom is 0.270 e. The molecule has 0 fully saturated rings. The van der Waals surface area contributed by atoms with Crippen LogP contribution in [0.25, 0.3) is 0 Å². The number of hydrogen-bond acceptors (Lipinski definition) is 4. The van der Waals surface area contributed by atoms with Crippen molar-refractivity contribution < 1.29 is 9.72 Å². The van der Waals surface area contributed by atoms with Crippen LogP contribution in [-0.4, -0.2) is 29.4 Å². The lowest BCUT2D eigenvalue weighted by Crippen LogP contribution is -2.24. The molecule has 5 nitrogen and oxygen atoms in total. The normalized spacial score (nSPS) is 10.4. The van der Waals surface area contributed by atoms with Crippen LogP contribution in [0.5, 0.6) is 0 Å². The monoisotopic (exact) mass is 330 g/mol. The molecule has 1 rings (SSSR count). The van der Waals surface area contributed by atoms with Crippen LogP contribution >= 0.6 is 23.4 Å². The van der Waals surface area contributed by atoms with Crippen LogP contribution in [0.2, 0.25) is 5.02 Å². The minimum Gasteiger partial charge on any atom is -0.352 e. The predicted octanol–water partition coefficient (Wildman–Crippen LogP) is 3.90. The van der Waals surface area contributed by atoms with Gasteiger partial charge in [-0.1, -0.05) is 24.4 Å². The Kier molecular flexibility index (Phi) is 8.15. The van der Waals surface area contributed by atoms with Crippen molar-refractivity contribution in [3.63, 3.8) is 0 Å². The number of benzene rings is 1. The number of nitro benzene ring substituents is 1. The van der Waals surface area contributed by atoms with Gasteiger partial charge in [-0.3, -0.25) is 14.9 Å². The zero-order valence-electron chi connectivity index (χ0n) is 11.9. The highest BCUT2D eigenvalue weighted by molar-refractivity contribution is 7.98. The molecule has 0 aliphatic heterocycles. The van der Waals surface area contributed by atoms with E-state index in [4.69, 9.17) is 11.6 Å². The van der Waals surface area contributed by atoms with E-state index in [1.807, 2.05) is 11.8 Å². The summed E-state index contributed by atoms with van der Waals surface area (Å²) in [5.41, 5.74) is 0.00913. The summed E-state index contributed by atoms with van der Waals surface area (Å²) in [6, 6.07) is 3.86. The zero-order chi connectivity index (χ0) is 15.7. The fourth-order valence-electron chi connectivity index (χ4n) is 1.82. The van der Waals surface area contributed by atoms with Crippen molar-refractivity contribution in [2.24, 2.45) is 0 Å². The molecule has 0 aliphatic rings. The number of rotatable bonds is 9. The van der Waals surface area contributed by atoms with Crippen molar-refractivity contribution in [3.05, 3.63) is 38.9 Å². The number of carbonyl (C=O) groups excluding carboxylic acids is 1. The van der Waals surface area contributed by atoms with Crippen molar-refractivity contribution in [3.8, 4) is 0 Å². The van der Waals surface area contributed by atoms with E-state index in [0.717, 1.165) is 25.0 Å². The van der Waals surface area contributed by atoms with Crippen LogP contribution in [0.15, 0.2) is 18.2 Å². The Hall–Kier alpha value is -1.27. The lowest BCUT2D eigenvalue weighted by Gasteiger charge is -2.06. The van der Waals surface area contributed by atoms with Gasteiger partial charge in [0.25, 0.3) is 11.6 Å². The minimum atomic E-state index is -0.543. The molecule has 0 bridgehead atoms. The number of nitro groups is 1. The molecule has 7 heteroatoms. The number of unbranched alkanes of at least 4 members (excludes halogenated alkanes) is 3. The first-order valence-corrected chi connectivity index (χ1v) is 8.54. The molecule has 116 valence electrons. The summed E-state index contributed by atoms with van der Waals surface area (Å²) in [6.45, 7) is 0.553. The number of nitrogens with zero attached hydrogens (tertiary/aromatic N) is 1. The highest BCUT2D eigenvalue weighted by Gasteiger charge is 2.15. The van der Waals surface area contributed by atoms with Crippen molar-refractivity contribution >= 4 is 35.0 Å². The number of nitrogens with one attached hydrogen (secondary N) is 1. The predicted molar refractivity (Wildman–Crippen MR) is 87.3 cm³/mol. The van der Waals surface area contributed by atoms with E-state index >= 15 is 0 Å². The Morgan fingerprint density at radius 1 is 1.33 bits per heavy atom. The van der Waals surface area contributed by atoms with Gasteiger partial charge in [0.15, 0.2) is 0 Å². The van der Waals surface area contributed by atoms with Crippen molar-refractivity contribution in [1.29, 1.82) is 0 Å². The number of thioether (sulfide) groups is 1. The molecule has 0 saturated carbocycles. The highest BCUT2D eigenvalue weighted by atomic mass is 35.5. The molecule has 1 aromatic rings. The molecule has 0 saturated heterocycles. The molecule has 1 N–H and O–H groups in total. The Labute approximate surface area is 133 Å². The molecule has 21 heavy (non-hydrogen) atoms. The number of amides is 1. The van der Waals surface area contributed by atoms with Crippen molar-refractivity contribution in [2.45, 2.75) is 25.7 Å². The molecule has 1 aromatic carbocycles. The lowest BCUT2D eigenvalue weighted by atomic mass is 10.1. The first-order chi connectivity index (χ1) is 10.1. The standard InChI is InChI=1S/C14H19ClN2O3S/c1-21-9-5-3-2-4-8-16-14(18)12-10-11(17(19)20)6-7-13(12)15/h6-7,10H,2-5,8-9H2,1H3,(H,16,18). The van der Waals surface area contributed by atoms with E-state index in [0.29, 0.717) is 6.54 Å². The fourth-order valence-corrected chi connectivity index (χ4v) is 2.52. The molecule has 0 unspecified atom stereocenters. The molecular formula is C14H19ClN2O3S. The number of hydrogen-bond donors (Lipinski definition) is 1. The first-order valence-electron chi connectivity index (χ1n) is 6.77. The third-order valence-electron chi connectivity index (χ3n) is 2.97. The number of halogens is 1. The Bertz CT molecular complexity index is 497. The molecule has 0 aromatic heterocycles. The van der Waals surface area contributed by atoms with Gasteiger partial charge in [-0.25, -0.2) is 0 Å². The summed E-state index contributed by atoms with van der Waals surface area (Å²) in [7, 11) is 0. The van der Waals surface area contributed by atoms with Crippen LogP contribution in [0.3, 0.4) is 0 Å². The van der Waals surface area contributed by atoms with E-state index in [1.165, 1.54) is 24.6 Å². The third-order valence-corrected chi connectivity index (χ3v) is 3.99. The quantitative estimate of drug-likeness (QED) is 0.423. The molecule has 0 aliphatic carbocycles.